The number of guanidine groups is 1. The first-order chi connectivity index (χ1) is 10.2. The van der Waals surface area contributed by atoms with Crippen molar-refractivity contribution in [3.05, 3.63) is 35.9 Å². The lowest BCUT2D eigenvalue weighted by Gasteiger charge is -2.33. The van der Waals surface area contributed by atoms with Crippen LogP contribution in [0.3, 0.4) is 0 Å². The lowest BCUT2D eigenvalue weighted by Crippen LogP contribution is -2.51. The van der Waals surface area contributed by atoms with E-state index in [0.29, 0.717) is 12.6 Å². The fraction of sp³-hybridized carbons (Fsp3) is 0.500. The highest BCUT2D eigenvalue weighted by Crippen LogP contribution is 2.13. The molecule has 0 aromatic heterocycles. The summed E-state index contributed by atoms with van der Waals surface area (Å²) in [5, 5.41) is 4.54. The Balaban J connectivity index is 2.17. The van der Waals surface area contributed by atoms with E-state index in [-0.39, 0.29) is 6.04 Å². The summed E-state index contributed by atoms with van der Waals surface area (Å²) in [5.41, 5.74) is 11.0. The van der Waals surface area contributed by atoms with Gasteiger partial charge in [0.2, 0.25) is 5.96 Å². The number of likely N-dealkylation sites (N-methyl/N-ethyl adjacent to an activating group) is 1. The number of hydrogen-bond acceptors (Lipinski definition) is 5. The van der Waals surface area contributed by atoms with Gasteiger partial charge in [0.15, 0.2) is 0 Å². The summed E-state index contributed by atoms with van der Waals surface area (Å²) >= 11 is 0. The SMILES string of the molecule is CCC(CN)N(CC)C1=NC(C)C(c2ccccc2)=NN1. The van der Waals surface area contributed by atoms with Gasteiger partial charge in [0.1, 0.15) is 0 Å². The minimum absolute atomic E-state index is 0.0352. The predicted molar refractivity (Wildman–Crippen MR) is 88.5 cm³/mol. The van der Waals surface area contributed by atoms with E-state index in [4.69, 9.17) is 10.7 Å². The fourth-order valence-corrected chi connectivity index (χ4v) is 2.63. The monoisotopic (exact) mass is 287 g/mol. The predicted octanol–water partition coefficient (Wildman–Crippen LogP) is 1.80. The average molecular weight is 287 g/mol. The molecule has 1 heterocycles. The summed E-state index contributed by atoms with van der Waals surface area (Å²) in [6, 6.07) is 10.5. The first kappa shape index (κ1) is 15.5. The number of hydrazone groups is 1. The summed E-state index contributed by atoms with van der Waals surface area (Å²) in [5.74, 6) is 0.821. The molecule has 2 unspecified atom stereocenters. The van der Waals surface area contributed by atoms with Crippen molar-refractivity contribution < 1.29 is 0 Å². The molecule has 5 nitrogen and oxygen atoms in total. The van der Waals surface area contributed by atoms with Gasteiger partial charge >= 0.3 is 0 Å². The smallest absolute Gasteiger partial charge is 0.215 e. The summed E-state index contributed by atoms with van der Waals surface area (Å²) in [6.45, 7) is 7.82. The fourth-order valence-electron chi connectivity index (χ4n) is 2.63. The molecule has 114 valence electrons. The molecule has 1 aromatic rings. The highest BCUT2D eigenvalue weighted by atomic mass is 15.5. The number of aliphatic imine (C=N–C) groups is 1. The Kier molecular flexibility index (Phi) is 5.33. The average Bonchev–Trinajstić information content (AvgIpc) is 2.53. The molecule has 1 aromatic carbocycles. The molecule has 0 fully saturated rings. The topological polar surface area (TPSA) is 66.0 Å². The molecule has 2 atom stereocenters. The molecule has 21 heavy (non-hydrogen) atoms. The second kappa shape index (κ2) is 7.22. The third kappa shape index (κ3) is 3.42. The van der Waals surface area contributed by atoms with Crippen LogP contribution in [0.25, 0.3) is 0 Å². The van der Waals surface area contributed by atoms with Gasteiger partial charge in [-0.3, -0.25) is 0 Å². The van der Waals surface area contributed by atoms with Gasteiger partial charge in [-0.05, 0) is 25.8 Å². The number of nitrogens with zero attached hydrogens (tertiary/aromatic N) is 3. The Morgan fingerprint density at radius 3 is 2.52 bits per heavy atom. The van der Waals surface area contributed by atoms with Crippen LogP contribution < -0.4 is 11.2 Å². The van der Waals surface area contributed by atoms with Crippen molar-refractivity contribution in [1.29, 1.82) is 0 Å². The Labute approximate surface area is 126 Å². The molecular formula is C16H25N5. The van der Waals surface area contributed by atoms with Gasteiger partial charge < -0.3 is 10.6 Å². The third-order valence-corrected chi connectivity index (χ3v) is 3.85. The van der Waals surface area contributed by atoms with Gasteiger partial charge in [-0.25, -0.2) is 10.4 Å². The normalized spacial score (nSPS) is 19.3. The molecule has 1 aliphatic heterocycles. The quantitative estimate of drug-likeness (QED) is 0.868. The zero-order valence-electron chi connectivity index (χ0n) is 13.1. The molecule has 0 saturated carbocycles. The Hall–Kier alpha value is -1.88. The largest absolute Gasteiger partial charge is 0.338 e. The van der Waals surface area contributed by atoms with E-state index in [1.807, 2.05) is 18.2 Å². The standard InChI is InChI=1S/C16H25N5/c1-4-14(11-17)21(5-2)16-18-12(3)15(19-20-16)13-9-7-6-8-10-13/h6-10,12,14H,4-5,11,17H2,1-3H3,(H,18,20). The van der Waals surface area contributed by atoms with E-state index in [9.17, 15) is 0 Å². The first-order valence-electron chi connectivity index (χ1n) is 7.64. The molecule has 1 aliphatic rings. The van der Waals surface area contributed by atoms with Crippen molar-refractivity contribution in [2.75, 3.05) is 13.1 Å². The van der Waals surface area contributed by atoms with E-state index >= 15 is 0 Å². The number of benzene rings is 1. The van der Waals surface area contributed by atoms with Gasteiger partial charge in [-0.15, -0.1) is 0 Å². The number of hydrogen-bond donors (Lipinski definition) is 2. The molecule has 2 rings (SSSR count). The summed E-state index contributed by atoms with van der Waals surface area (Å²) in [6.07, 6.45) is 0.995. The maximum atomic E-state index is 5.86. The highest BCUT2D eigenvalue weighted by Gasteiger charge is 2.23. The van der Waals surface area contributed by atoms with Gasteiger partial charge in [0.25, 0.3) is 0 Å². The van der Waals surface area contributed by atoms with Crippen LogP contribution in [0.1, 0.15) is 32.8 Å². The molecule has 0 aliphatic carbocycles. The molecule has 0 spiro atoms. The van der Waals surface area contributed by atoms with Crippen LogP contribution >= 0.6 is 0 Å². The van der Waals surface area contributed by atoms with E-state index in [2.05, 4.69) is 48.3 Å². The van der Waals surface area contributed by atoms with Crippen molar-refractivity contribution in [1.82, 2.24) is 10.3 Å². The van der Waals surface area contributed by atoms with Crippen molar-refractivity contribution in [3.8, 4) is 0 Å². The van der Waals surface area contributed by atoms with Crippen molar-refractivity contribution in [3.63, 3.8) is 0 Å². The lowest BCUT2D eigenvalue weighted by molar-refractivity contribution is 0.309. The molecule has 5 heteroatoms. The minimum Gasteiger partial charge on any atom is -0.338 e. The van der Waals surface area contributed by atoms with E-state index < -0.39 is 0 Å². The summed E-state index contributed by atoms with van der Waals surface area (Å²) in [7, 11) is 0. The second-order valence-corrected chi connectivity index (χ2v) is 5.19. The summed E-state index contributed by atoms with van der Waals surface area (Å²) < 4.78 is 0. The summed E-state index contributed by atoms with van der Waals surface area (Å²) in [4.78, 5) is 6.97. The van der Waals surface area contributed by atoms with Crippen molar-refractivity contribution >= 4 is 11.7 Å². The van der Waals surface area contributed by atoms with Crippen LogP contribution in [0.2, 0.25) is 0 Å². The molecular weight excluding hydrogens is 262 g/mol. The number of nitrogens with two attached hydrogens (primary N) is 1. The molecule has 3 N–H and O–H groups in total. The van der Waals surface area contributed by atoms with Gasteiger partial charge in [-0.2, -0.15) is 5.10 Å². The molecule has 0 bridgehead atoms. The van der Waals surface area contributed by atoms with Crippen LogP contribution in [-0.4, -0.2) is 41.7 Å². The van der Waals surface area contributed by atoms with Crippen LogP contribution in [0.4, 0.5) is 0 Å². The Bertz CT molecular complexity index is 505. The zero-order chi connectivity index (χ0) is 15.2. The van der Waals surface area contributed by atoms with E-state index in [1.165, 1.54) is 0 Å². The Morgan fingerprint density at radius 2 is 2.00 bits per heavy atom. The van der Waals surface area contributed by atoms with Gasteiger partial charge in [0.05, 0.1) is 11.8 Å². The molecule has 0 amide bonds. The van der Waals surface area contributed by atoms with Crippen molar-refractivity contribution in [2.45, 2.75) is 39.3 Å². The maximum absolute atomic E-state index is 5.86. The van der Waals surface area contributed by atoms with Crippen LogP contribution in [0.15, 0.2) is 40.4 Å². The van der Waals surface area contributed by atoms with Crippen LogP contribution in [0.5, 0.6) is 0 Å². The van der Waals surface area contributed by atoms with E-state index in [0.717, 1.165) is 30.2 Å². The van der Waals surface area contributed by atoms with Crippen LogP contribution in [0, 0.1) is 0 Å². The highest BCUT2D eigenvalue weighted by molar-refractivity contribution is 6.07. The first-order valence-corrected chi connectivity index (χ1v) is 7.64. The van der Waals surface area contributed by atoms with Gasteiger partial charge in [0, 0.05) is 19.1 Å². The second-order valence-electron chi connectivity index (χ2n) is 5.19. The van der Waals surface area contributed by atoms with Crippen LogP contribution in [-0.2, 0) is 0 Å². The number of rotatable bonds is 5. The number of nitrogens with one attached hydrogen (secondary N) is 1. The Morgan fingerprint density at radius 1 is 1.29 bits per heavy atom. The van der Waals surface area contributed by atoms with E-state index in [1.54, 1.807) is 0 Å². The zero-order valence-corrected chi connectivity index (χ0v) is 13.1. The van der Waals surface area contributed by atoms with Gasteiger partial charge in [-0.1, -0.05) is 37.3 Å². The molecule has 0 saturated heterocycles. The minimum atomic E-state index is 0.0352. The molecule has 0 radical (unpaired) electrons. The maximum Gasteiger partial charge on any atom is 0.215 e. The lowest BCUT2D eigenvalue weighted by atomic mass is 10.0. The third-order valence-electron chi connectivity index (χ3n) is 3.85. The van der Waals surface area contributed by atoms with Crippen molar-refractivity contribution in [2.24, 2.45) is 15.8 Å².